The Morgan fingerprint density at radius 1 is 0.649 bits per heavy atom. The van der Waals surface area contributed by atoms with Gasteiger partial charge in [0, 0.05) is 39.5 Å². The lowest BCUT2D eigenvalue weighted by Crippen LogP contribution is -2.60. The number of nitrogens with two attached hydrogens (primary N) is 3. The lowest BCUT2D eigenvalue weighted by molar-refractivity contribution is -0.136. The second-order valence-corrected chi connectivity index (χ2v) is 24.7. The third-order valence-corrected chi connectivity index (χ3v) is 17.1. The van der Waals surface area contributed by atoms with Gasteiger partial charge in [-0.1, -0.05) is 24.3 Å². The van der Waals surface area contributed by atoms with Crippen molar-refractivity contribution in [3.8, 4) is 0 Å². The Morgan fingerprint density at radius 3 is 1.71 bits per heavy atom. The summed E-state index contributed by atoms with van der Waals surface area (Å²) in [5, 5.41) is 57.2. The number of fused-ring (bicyclic) bond motifs is 2. The summed E-state index contributed by atoms with van der Waals surface area (Å²) in [5.41, 5.74) is 17.4. The highest BCUT2D eigenvalue weighted by Gasteiger charge is 2.37. The van der Waals surface area contributed by atoms with Gasteiger partial charge >= 0.3 is 0 Å². The molecule has 2 fully saturated rings. The Bertz CT molecular complexity index is 3450. The molecule has 9 atom stereocenters. The number of carbonyl (C=O) groups excluding carboxylic acids is 13. The number of nitrogens with zero attached hydrogens (tertiary/aromatic N) is 2. The third-order valence-electron chi connectivity index (χ3n) is 15.1. The van der Waals surface area contributed by atoms with Crippen molar-refractivity contribution in [2.75, 3.05) is 26.2 Å². The number of thiazole rings is 2. The van der Waals surface area contributed by atoms with Crippen LogP contribution in [0.25, 0.3) is 20.4 Å². The fourth-order valence-electron chi connectivity index (χ4n) is 10.2. The van der Waals surface area contributed by atoms with Crippen molar-refractivity contribution in [3.63, 3.8) is 0 Å². The molecule has 508 valence electrons. The molecule has 11 amide bonds. The first-order chi connectivity index (χ1) is 44.8. The number of nitrogens with one attached hydrogen (secondary N) is 14. The predicted octanol–water partition coefficient (Wildman–Crippen LogP) is -3.03. The number of aliphatic hydroxyl groups is 1. The standard InChI is InChI=1S/C59H81N19O14S2/c1-29(79)46-55(92)75-36(51(88)71-33(16-10-24-67-58(61)62)48(85)56-76-32-13-3-4-18-40(32)93-56)15-6-8-23-66-44(83)28-39(54(91)77-46)70-45(84)26-31-12-9-19-41-47(31)78-57(94-41)49(86)34(17-11-25-68-59(63)64)72-50(87)35-14-5-7-22-65-43(82)27-38(69-30(2)80)53(90)74-37(52(89)73-35)20-21-42(60)81/h3-4,9,12-13,18-19,29,33-39,46,79H,5-8,10-11,14-17,20-28H2,1-2H3,(H2,60,81)(H,65,82)(H,66,83)(H,69,80)(H,70,84)(H,71,88)(H,72,87)(H,73,89)(H,74,90)(H,75,92)(H,77,91)(H4,61,62,67)(H4,63,64,68)/t29-,33-,34-,35-,36-,37-,38-,39-,46-/m0/s1. The van der Waals surface area contributed by atoms with Crippen LogP contribution < -0.4 is 81.0 Å². The van der Waals surface area contributed by atoms with Gasteiger partial charge in [-0.15, -0.1) is 22.7 Å². The molecule has 2 saturated heterocycles. The molecule has 0 radical (unpaired) electrons. The van der Waals surface area contributed by atoms with Crippen LogP contribution in [-0.2, 0) is 59.2 Å². The van der Waals surface area contributed by atoms with Crippen LogP contribution in [0.3, 0.4) is 0 Å². The molecule has 35 heteroatoms. The van der Waals surface area contributed by atoms with E-state index in [9.17, 15) is 67.4 Å². The maximum atomic E-state index is 14.6. The second kappa shape index (κ2) is 35.9. The van der Waals surface area contributed by atoms with Gasteiger partial charge in [0.05, 0.1) is 57.9 Å². The first-order valence-corrected chi connectivity index (χ1v) is 32.3. The van der Waals surface area contributed by atoms with Gasteiger partial charge in [-0.05, 0) is 101 Å². The lowest BCUT2D eigenvalue weighted by atomic mass is 10.0. The minimum atomic E-state index is -1.74. The average molecular weight is 1340 g/mol. The zero-order valence-electron chi connectivity index (χ0n) is 51.9. The van der Waals surface area contributed by atoms with Gasteiger partial charge in [0.15, 0.2) is 21.9 Å². The van der Waals surface area contributed by atoms with E-state index in [4.69, 9.17) is 28.0 Å². The molecule has 0 unspecified atom stereocenters. The average Bonchev–Trinajstić information content (AvgIpc) is 1.66. The van der Waals surface area contributed by atoms with E-state index in [1.54, 1.807) is 36.4 Å². The zero-order valence-corrected chi connectivity index (χ0v) is 53.5. The van der Waals surface area contributed by atoms with Crippen LogP contribution in [0, 0.1) is 10.8 Å². The zero-order chi connectivity index (χ0) is 68.6. The number of Topliss-reactive ketones (excluding diaryl/α,β-unsaturated/α-hetero) is 2. The minimum absolute atomic E-state index is 0.00308. The second-order valence-electron chi connectivity index (χ2n) is 22.7. The molecular weight excluding hydrogens is 1260 g/mol. The number of amides is 11. The van der Waals surface area contributed by atoms with Crippen LogP contribution >= 0.6 is 22.7 Å². The van der Waals surface area contributed by atoms with Crippen molar-refractivity contribution >= 4 is 132 Å². The van der Waals surface area contributed by atoms with Crippen LogP contribution in [-0.4, -0.2) is 184 Å². The van der Waals surface area contributed by atoms with Gasteiger partial charge in [-0.3, -0.25) is 73.1 Å². The largest absolute Gasteiger partial charge is 0.391 e. The molecule has 6 rings (SSSR count). The molecule has 2 aliphatic heterocycles. The van der Waals surface area contributed by atoms with Crippen molar-refractivity contribution in [3.05, 3.63) is 58.0 Å². The first kappa shape index (κ1) is 73.3. The number of rotatable bonds is 24. The number of ketones is 2. The van der Waals surface area contributed by atoms with Crippen molar-refractivity contribution < 1.29 is 67.4 Å². The summed E-state index contributed by atoms with van der Waals surface area (Å²) in [5.74, 6) is -10.9. The fraction of sp³-hybridized carbons (Fsp3) is 0.508. The SMILES string of the molecule is CC(=O)N[C@H]1CC(=O)NCCCC[C@@H](C(=O)N[C@@H](CCCNC(=N)N)C(=O)c2nc3c(CC(=O)N[C@H]4CC(=O)NCCCC[C@@H](C(=O)N[C@@H](CCCNC(=N)N)C(=O)c5nc6ccccc6s5)NC(=O)[C@H]([C@H](C)O)NC4=O)cccc3s2)NC(=O)[C@H](CCC(N)=O)NC1=O. The molecule has 94 heavy (non-hydrogen) atoms. The molecule has 0 spiro atoms. The molecular formula is C59H81N19O14S2. The quantitative estimate of drug-likeness (QED) is 0.0144. The maximum Gasteiger partial charge on any atom is 0.245 e. The van der Waals surface area contributed by atoms with E-state index in [1.165, 1.54) is 13.0 Å². The summed E-state index contributed by atoms with van der Waals surface area (Å²) in [6.07, 6.45) is -2.39. The van der Waals surface area contributed by atoms with E-state index in [-0.39, 0.29) is 130 Å². The number of aromatic nitrogens is 2. The van der Waals surface area contributed by atoms with Crippen LogP contribution in [0.2, 0.25) is 0 Å². The van der Waals surface area contributed by atoms with Crippen LogP contribution in [0.4, 0.5) is 0 Å². The Morgan fingerprint density at radius 2 is 1.17 bits per heavy atom. The van der Waals surface area contributed by atoms with Gasteiger partial charge in [0.1, 0.15) is 36.3 Å². The van der Waals surface area contributed by atoms with Crippen molar-refractivity contribution in [1.82, 2.24) is 73.8 Å². The number of aliphatic hydroxyl groups excluding tert-OH is 1. The van der Waals surface area contributed by atoms with Gasteiger partial charge in [0.25, 0.3) is 0 Å². The van der Waals surface area contributed by atoms with Crippen LogP contribution in [0.1, 0.15) is 129 Å². The smallest absolute Gasteiger partial charge is 0.245 e. The van der Waals surface area contributed by atoms with E-state index >= 15 is 0 Å². The molecule has 2 aromatic carbocycles. The summed E-state index contributed by atoms with van der Waals surface area (Å²) < 4.78 is 1.15. The first-order valence-electron chi connectivity index (χ1n) is 30.6. The maximum absolute atomic E-state index is 14.6. The summed E-state index contributed by atoms with van der Waals surface area (Å²) in [6.45, 7) is 2.77. The number of benzene rings is 2. The Kier molecular flexibility index (Phi) is 28.0. The fourth-order valence-corrected chi connectivity index (χ4v) is 12.2. The van der Waals surface area contributed by atoms with Gasteiger partial charge in [0.2, 0.25) is 76.5 Å². The van der Waals surface area contributed by atoms with Crippen LogP contribution in [0.15, 0.2) is 42.5 Å². The molecule has 0 aliphatic carbocycles. The third kappa shape index (κ3) is 22.8. The molecule has 0 bridgehead atoms. The number of hydrogen-bond acceptors (Lipinski definition) is 20. The van der Waals surface area contributed by atoms with E-state index in [2.05, 4.69) is 73.8 Å². The summed E-state index contributed by atoms with van der Waals surface area (Å²) in [7, 11) is 0. The number of primary amides is 1. The Labute approximate surface area is 547 Å². The number of guanidine groups is 2. The molecule has 2 aliphatic rings. The highest BCUT2D eigenvalue weighted by Crippen LogP contribution is 2.28. The van der Waals surface area contributed by atoms with E-state index in [1.807, 2.05) is 0 Å². The van der Waals surface area contributed by atoms with E-state index in [0.717, 1.165) is 34.3 Å². The molecule has 33 nitrogen and oxygen atoms in total. The monoisotopic (exact) mass is 1340 g/mol. The number of para-hydroxylation sites is 2. The topological polar surface area (TPSA) is 538 Å². The molecule has 4 aromatic rings. The summed E-state index contributed by atoms with van der Waals surface area (Å²) >= 11 is 2.06. The van der Waals surface area contributed by atoms with E-state index < -0.39 is 150 Å². The van der Waals surface area contributed by atoms with Crippen molar-refractivity contribution in [1.29, 1.82) is 10.8 Å². The molecule has 21 N–H and O–H groups in total. The molecule has 0 saturated carbocycles. The van der Waals surface area contributed by atoms with Gasteiger partial charge < -0.3 is 86.1 Å². The number of carbonyl (C=O) groups is 13. The Balaban J connectivity index is 1.18. The lowest BCUT2D eigenvalue weighted by Gasteiger charge is -2.28. The highest BCUT2D eigenvalue weighted by atomic mass is 32.1. The minimum Gasteiger partial charge on any atom is -0.391 e. The van der Waals surface area contributed by atoms with E-state index in [0.29, 0.717) is 16.6 Å². The van der Waals surface area contributed by atoms with Crippen LogP contribution in [0.5, 0.6) is 0 Å². The molecule has 4 heterocycles. The highest BCUT2D eigenvalue weighted by molar-refractivity contribution is 7.20. The Hall–Kier alpha value is -9.77. The van der Waals surface area contributed by atoms with Gasteiger partial charge in [-0.25, -0.2) is 9.97 Å². The predicted molar refractivity (Wildman–Crippen MR) is 344 cm³/mol. The summed E-state index contributed by atoms with van der Waals surface area (Å²) in [6, 6.07) is 0.376. The van der Waals surface area contributed by atoms with Gasteiger partial charge in [-0.2, -0.15) is 0 Å². The number of hydrogen-bond donors (Lipinski definition) is 18. The molecule has 2 aromatic heterocycles. The van der Waals surface area contributed by atoms with Crippen molar-refractivity contribution in [2.45, 2.75) is 165 Å². The normalized spacial score (nSPS) is 20.6. The summed E-state index contributed by atoms with van der Waals surface area (Å²) in [4.78, 5) is 186. The van der Waals surface area contributed by atoms with Crippen molar-refractivity contribution in [2.24, 2.45) is 17.2 Å².